The molecule has 0 radical (unpaired) electrons. The Morgan fingerprint density at radius 2 is 1.53 bits per heavy atom. The van der Waals surface area contributed by atoms with Crippen LogP contribution in [-0.4, -0.2) is 46.5 Å². The summed E-state index contributed by atoms with van der Waals surface area (Å²) in [6.45, 7) is 8.25. The maximum absolute atomic E-state index is 12.8. The molecule has 0 aliphatic rings. The molecule has 0 spiro atoms. The number of carbonyl (C=O) groups excluding carboxylic acids is 1. The molecule has 1 amide bonds. The van der Waals surface area contributed by atoms with Gasteiger partial charge in [0.15, 0.2) is 0 Å². The summed E-state index contributed by atoms with van der Waals surface area (Å²) in [5.41, 5.74) is 4.40. The molecular weight excluding hydrogens is 538 g/mol. The first-order valence-electron chi connectivity index (χ1n) is 11.5. The summed E-state index contributed by atoms with van der Waals surface area (Å²) >= 11 is 12.2. The molecule has 5 nitrogen and oxygen atoms in total. The van der Waals surface area contributed by atoms with Gasteiger partial charge in [-0.25, -0.2) is 4.98 Å². The zero-order valence-corrected chi connectivity index (χ0v) is 23.4. The van der Waals surface area contributed by atoms with Crippen LogP contribution >= 0.6 is 48.0 Å². The van der Waals surface area contributed by atoms with Crippen LogP contribution in [0, 0.1) is 0 Å². The van der Waals surface area contributed by atoms with E-state index in [4.69, 9.17) is 28.2 Å². The van der Waals surface area contributed by atoms with Gasteiger partial charge >= 0.3 is 0 Å². The molecule has 0 saturated carbocycles. The summed E-state index contributed by atoms with van der Waals surface area (Å²) < 4.78 is 2.16. The van der Waals surface area contributed by atoms with Crippen molar-refractivity contribution in [3.05, 3.63) is 87.9 Å². The highest BCUT2D eigenvalue weighted by atomic mass is 35.5. The van der Waals surface area contributed by atoms with Crippen LogP contribution < -0.4 is 5.32 Å². The minimum absolute atomic E-state index is 0. The number of nitrogens with one attached hydrogen (secondary N) is 1. The Morgan fingerprint density at radius 3 is 2.14 bits per heavy atom. The molecule has 9 heteroatoms. The lowest BCUT2D eigenvalue weighted by Gasteiger charge is -2.17. The number of fused-ring (bicyclic) bond motifs is 1. The van der Waals surface area contributed by atoms with Crippen molar-refractivity contribution in [2.24, 2.45) is 0 Å². The molecule has 4 aromatic rings. The third kappa shape index (κ3) is 7.15. The van der Waals surface area contributed by atoms with E-state index in [1.807, 2.05) is 66.7 Å². The number of hydrogen-bond acceptors (Lipinski definition) is 3. The Balaban J connectivity index is 0.00000228. The largest absolute Gasteiger partial charge is 0.351 e. The summed E-state index contributed by atoms with van der Waals surface area (Å²) in [6, 6.07) is 21.1. The number of hydrogen-bond donors (Lipinski definition) is 1. The Kier molecular flexibility index (Phi) is 11.5. The van der Waals surface area contributed by atoms with E-state index in [9.17, 15) is 4.79 Å². The van der Waals surface area contributed by atoms with E-state index < -0.39 is 0 Å². The number of benzene rings is 3. The standard InChI is InChI=1S/C27H28Cl2N4O.2ClH/c1-3-32(4-2)16-15-30-27(34)21-9-14-25-24(17-21)31-26(20-7-12-23(29)13-8-20)33(25)18-19-5-10-22(28)11-6-19;;/h5-14,17H,3-4,15-16,18H2,1-2H3,(H,30,34);2*1H. The van der Waals surface area contributed by atoms with Gasteiger partial charge < -0.3 is 14.8 Å². The number of nitrogens with zero attached hydrogens (tertiary/aromatic N) is 3. The highest BCUT2D eigenvalue weighted by molar-refractivity contribution is 6.30. The SMILES string of the molecule is CCN(CC)CCNC(=O)c1ccc2c(c1)nc(-c1ccc(Cl)cc1)n2Cc1ccc(Cl)cc1.Cl.Cl. The molecule has 0 bridgehead atoms. The van der Waals surface area contributed by atoms with Crippen molar-refractivity contribution in [2.45, 2.75) is 20.4 Å². The van der Waals surface area contributed by atoms with Crippen LogP contribution in [0.25, 0.3) is 22.4 Å². The van der Waals surface area contributed by atoms with E-state index in [0.29, 0.717) is 28.7 Å². The van der Waals surface area contributed by atoms with Gasteiger partial charge in [0, 0.05) is 40.8 Å². The summed E-state index contributed by atoms with van der Waals surface area (Å²) in [5.74, 6) is 0.732. The number of amides is 1. The van der Waals surface area contributed by atoms with Gasteiger partial charge in [-0.2, -0.15) is 0 Å². The van der Waals surface area contributed by atoms with E-state index in [-0.39, 0.29) is 30.7 Å². The fourth-order valence-electron chi connectivity index (χ4n) is 3.99. The summed E-state index contributed by atoms with van der Waals surface area (Å²) in [7, 11) is 0. The van der Waals surface area contributed by atoms with Crippen LogP contribution in [0.15, 0.2) is 66.7 Å². The minimum atomic E-state index is -0.0886. The normalized spacial score (nSPS) is 10.7. The highest BCUT2D eigenvalue weighted by Gasteiger charge is 2.16. The second-order valence-electron chi connectivity index (χ2n) is 8.14. The molecule has 0 fully saturated rings. The molecule has 1 heterocycles. The van der Waals surface area contributed by atoms with Crippen LogP contribution in [-0.2, 0) is 6.54 Å². The zero-order valence-electron chi connectivity index (χ0n) is 20.2. The fourth-order valence-corrected chi connectivity index (χ4v) is 4.24. The maximum Gasteiger partial charge on any atom is 0.251 e. The second kappa shape index (κ2) is 13.9. The summed E-state index contributed by atoms with van der Waals surface area (Å²) in [6.07, 6.45) is 0. The smallest absolute Gasteiger partial charge is 0.251 e. The van der Waals surface area contributed by atoms with Crippen LogP contribution in [0.4, 0.5) is 0 Å². The third-order valence-electron chi connectivity index (χ3n) is 5.97. The second-order valence-corrected chi connectivity index (χ2v) is 9.01. The number of carbonyl (C=O) groups is 1. The van der Waals surface area contributed by atoms with Gasteiger partial charge in [-0.3, -0.25) is 4.79 Å². The van der Waals surface area contributed by atoms with Gasteiger partial charge in [-0.1, -0.05) is 49.2 Å². The van der Waals surface area contributed by atoms with Gasteiger partial charge in [0.25, 0.3) is 5.91 Å². The summed E-state index contributed by atoms with van der Waals surface area (Å²) in [4.78, 5) is 20.0. The average Bonchev–Trinajstić information content (AvgIpc) is 3.21. The van der Waals surface area contributed by atoms with Gasteiger partial charge in [0.1, 0.15) is 5.82 Å². The molecule has 36 heavy (non-hydrogen) atoms. The Bertz CT molecular complexity index is 1270. The average molecular weight is 568 g/mol. The lowest BCUT2D eigenvalue weighted by Crippen LogP contribution is -2.34. The lowest BCUT2D eigenvalue weighted by atomic mass is 10.1. The monoisotopic (exact) mass is 566 g/mol. The summed E-state index contributed by atoms with van der Waals surface area (Å²) in [5, 5.41) is 4.40. The number of halogens is 4. The molecule has 0 atom stereocenters. The van der Waals surface area contributed by atoms with Crippen molar-refractivity contribution >= 4 is 65.0 Å². The van der Waals surface area contributed by atoms with Crippen LogP contribution in [0.5, 0.6) is 0 Å². The van der Waals surface area contributed by atoms with Crippen molar-refractivity contribution < 1.29 is 4.79 Å². The third-order valence-corrected chi connectivity index (χ3v) is 6.48. The molecule has 0 aliphatic carbocycles. The molecule has 192 valence electrons. The number of imidazole rings is 1. The van der Waals surface area contributed by atoms with Gasteiger partial charge in [-0.15, -0.1) is 24.8 Å². The number of aromatic nitrogens is 2. The van der Waals surface area contributed by atoms with Crippen LogP contribution in [0.3, 0.4) is 0 Å². The first kappa shape index (κ1) is 29.9. The number of likely N-dealkylation sites (N-methyl/N-ethyl adjacent to an activating group) is 1. The predicted molar refractivity (Wildman–Crippen MR) is 155 cm³/mol. The van der Waals surface area contributed by atoms with Crippen LogP contribution in [0.1, 0.15) is 29.8 Å². The van der Waals surface area contributed by atoms with E-state index in [1.54, 1.807) is 0 Å². The fraction of sp³-hybridized carbons (Fsp3) is 0.259. The molecule has 4 rings (SSSR count). The molecular formula is C27H30Cl4N4O. The Labute approximate surface area is 234 Å². The number of rotatable bonds is 9. The predicted octanol–water partition coefficient (Wildman–Crippen LogP) is 6.97. The Morgan fingerprint density at radius 1 is 0.917 bits per heavy atom. The molecule has 0 unspecified atom stereocenters. The molecule has 0 saturated heterocycles. The van der Waals surface area contributed by atoms with E-state index >= 15 is 0 Å². The van der Waals surface area contributed by atoms with Gasteiger partial charge in [0.2, 0.25) is 0 Å². The van der Waals surface area contributed by atoms with Crippen molar-refractivity contribution in [1.29, 1.82) is 0 Å². The van der Waals surface area contributed by atoms with Gasteiger partial charge in [0.05, 0.1) is 11.0 Å². The van der Waals surface area contributed by atoms with Crippen molar-refractivity contribution in [3.8, 4) is 11.4 Å². The zero-order chi connectivity index (χ0) is 24.1. The highest BCUT2D eigenvalue weighted by Crippen LogP contribution is 2.28. The minimum Gasteiger partial charge on any atom is -0.351 e. The van der Waals surface area contributed by atoms with E-state index in [1.165, 1.54) is 0 Å². The van der Waals surface area contributed by atoms with Crippen molar-refractivity contribution in [1.82, 2.24) is 19.8 Å². The van der Waals surface area contributed by atoms with Crippen molar-refractivity contribution in [3.63, 3.8) is 0 Å². The van der Waals surface area contributed by atoms with Gasteiger partial charge in [-0.05, 0) is 73.3 Å². The Hall–Kier alpha value is -2.28. The van der Waals surface area contributed by atoms with Crippen molar-refractivity contribution in [2.75, 3.05) is 26.2 Å². The molecule has 0 aliphatic heterocycles. The lowest BCUT2D eigenvalue weighted by molar-refractivity contribution is 0.0949. The molecule has 1 aromatic heterocycles. The quantitative estimate of drug-likeness (QED) is 0.237. The maximum atomic E-state index is 12.8. The van der Waals surface area contributed by atoms with Crippen LogP contribution in [0.2, 0.25) is 10.0 Å². The van der Waals surface area contributed by atoms with E-state index in [2.05, 4.69) is 28.6 Å². The van der Waals surface area contributed by atoms with E-state index in [0.717, 1.165) is 47.6 Å². The topological polar surface area (TPSA) is 50.2 Å². The first-order valence-corrected chi connectivity index (χ1v) is 12.2. The molecule has 3 aromatic carbocycles. The first-order chi connectivity index (χ1) is 16.5. The molecule has 1 N–H and O–H groups in total.